The number of aromatic amines is 1. The molecule has 6 unspecified atom stereocenters. The molecule has 0 spiro atoms. The summed E-state index contributed by atoms with van der Waals surface area (Å²) in [5.74, 6) is 1.23. The topological polar surface area (TPSA) is 94.9 Å². The van der Waals surface area contributed by atoms with Crippen molar-refractivity contribution in [2.75, 3.05) is 0 Å². The molecular weight excluding hydrogens is 436 g/mol. The Balaban J connectivity index is 1.49. The van der Waals surface area contributed by atoms with Gasteiger partial charge in [-0.1, -0.05) is 64.1 Å². The largest absolute Gasteiger partial charge is 0.504 e. The van der Waals surface area contributed by atoms with E-state index in [2.05, 4.69) is 74.0 Å². The third-order valence-electron chi connectivity index (χ3n) is 11.6. The van der Waals surface area contributed by atoms with Crippen molar-refractivity contribution in [3.05, 3.63) is 39.5 Å². The number of aromatic hydroxyl groups is 2. The molecule has 4 aliphatic rings. The Labute approximate surface area is 207 Å². The number of hydrogen-bond acceptors (Lipinski definition) is 5. The Kier molecular flexibility index (Phi) is 4.41. The maximum absolute atomic E-state index is 10.5. The van der Waals surface area contributed by atoms with Gasteiger partial charge in [0.1, 0.15) is 0 Å². The lowest BCUT2D eigenvalue weighted by Crippen LogP contribution is -2.63. The summed E-state index contributed by atoms with van der Waals surface area (Å²) in [5.41, 5.74) is 2.81. The predicted octanol–water partition coefficient (Wildman–Crippen LogP) is 4.36. The molecule has 0 aliphatic heterocycles. The molecule has 1 heterocycles. The minimum absolute atomic E-state index is 0.0305. The van der Waals surface area contributed by atoms with Gasteiger partial charge in [-0.05, 0) is 84.0 Å². The molecule has 6 nitrogen and oxygen atoms in total. The Hall–Kier alpha value is -2.63. The number of H-pyrrole nitrogens is 1. The smallest absolute Gasteiger partial charge is 0.180 e. The Bertz CT molecular complexity index is 1370. The van der Waals surface area contributed by atoms with Gasteiger partial charge < -0.3 is 10.2 Å². The zero-order chi connectivity index (χ0) is 25.0. The number of tetrazole rings is 1. The summed E-state index contributed by atoms with van der Waals surface area (Å²) in [6.07, 6.45) is 12.3. The Morgan fingerprint density at radius 2 is 1.71 bits per heavy atom. The number of benzene rings is 1. The van der Waals surface area contributed by atoms with Crippen LogP contribution in [0.5, 0.6) is 11.5 Å². The van der Waals surface area contributed by atoms with Gasteiger partial charge in [0, 0.05) is 16.0 Å². The molecule has 3 fully saturated rings. The van der Waals surface area contributed by atoms with Crippen LogP contribution in [0.2, 0.25) is 0 Å². The van der Waals surface area contributed by atoms with Crippen LogP contribution in [0.15, 0.2) is 17.7 Å². The molecule has 3 saturated carbocycles. The number of phenolic OH excluding ortho intramolecular Hbond substituents is 2. The van der Waals surface area contributed by atoms with Crippen LogP contribution < -0.4 is 10.4 Å². The molecule has 4 aliphatic carbocycles. The van der Waals surface area contributed by atoms with Crippen molar-refractivity contribution >= 4 is 12.7 Å². The lowest BCUT2D eigenvalue weighted by molar-refractivity contribution is -0.149. The molecule has 1 aromatic heterocycles. The Morgan fingerprint density at radius 3 is 2.43 bits per heavy atom. The van der Waals surface area contributed by atoms with Gasteiger partial charge in [-0.3, -0.25) is 0 Å². The molecule has 3 N–H and O–H groups in total. The van der Waals surface area contributed by atoms with Gasteiger partial charge in [-0.2, -0.15) is 5.21 Å². The molecule has 0 radical (unpaired) electrons. The van der Waals surface area contributed by atoms with Crippen molar-refractivity contribution in [2.24, 2.45) is 22.2 Å². The first-order valence-corrected chi connectivity index (χ1v) is 13.1. The molecule has 0 amide bonds. The van der Waals surface area contributed by atoms with Crippen molar-refractivity contribution in [1.29, 1.82) is 0 Å². The van der Waals surface area contributed by atoms with E-state index in [0.717, 1.165) is 42.3 Å². The summed E-state index contributed by atoms with van der Waals surface area (Å²) in [7, 11) is 0. The SMILES string of the molecule is C=c1c(O)c(O)cc2c1=CC=C1C2(C)CCC2(C)C3CC(C)(c4nn[nH]n4)CCC3(C)CCC12C. The molecule has 186 valence electrons. The molecule has 35 heavy (non-hydrogen) atoms. The van der Waals surface area contributed by atoms with Crippen molar-refractivity contribution in [2.45, 2.75) is 90.4 Å². The van der Waals surface area contributed by atoms with E-state index in [1.165, 1.54) is 24.8 Å². The summed E-state index contributed by atoms with van der Waals surface area (Å²) in [6.45, 7) is 16.3. The monoisotopic (exact) mass is 474 g/mol. The molecular formula is C29H38N4O2. The fourth-order valence-electron chi connectivity index (χ4n) is 8.99. The third kappa shape index (κ3) is 2.69. The number of hydrogen-bond donors (Lipinski definition) is 3. The van der Waals surface area contributed by atoms with E-state index in [1.807, 2.05) is 0 Å². The first-order chi connectivity index (χ1) is 16.4. The number of allylic oxidation sites excluding steroid dienone is 2. The van der Waals surface area contributed by atoms with Crippen molar-refractivity contribution in [3.63, 3.8) is 0 Å². The van der Waals surface area contributed by atoms with Crippen molar-refractivity contribution in [1.82, 2.24) is 20.6 Å². The van der Waals surface area contributed by atoms with Crippen LogP contribution >= 0.6 is 0 Å². The van der Waals surface area contributed by atoms with Gasteiger partial charge in [0.2, 0.25) is 0 Å². The summed E-state index contributed by atoms with van der Waals surface area (Å²) < 4.78 is 0. The van der Waals surface area contributed by atoms with Crippen LogP contribution in [0.1, 0.15) is 91.0 Å². The summed E-state index contributed by atoms with van der Waals surface area (Å²) >= 11 is 0. The van der Waals surface area contributed by atoms with E-state index >= 15 is 0 Å². The predicted molar refractivity (Wildman–Crippen MR) is 136 cm³/mol. The normalized spacial score (nSPS) is 42.1. The van der Waals surface area contributed by atoms with Crippen LogP contribution in [0.25, 0.3) is 12.7 Å². The lowest BCUT2D eigenvalue weighted by atomic mass is 9.34. The highest BCUT2D eigenvalue weighted by Crippen LogP contribution is 2.74. The number of nitrogens with one attached hydrogen (secondary N) is 1. The molecule has 0 saturated heterocycles. The minimum atomic E-state index is -0.185. The van der Waals surface area contributed by atoms with E-state index in [9.17, 15) is 10.2 Å². The van der Waals surface area contributed by atoms with Crippen molar-refractivity contribution in [3.8, 4) is 11.5 Å². The standard InChI is InChI=1S/C29H38N4O2/c1-17-18-7-8-21-27(4,19(18)15-20(34)23(17)35)12-14-29(6)22-16-26(3,24-30-32-33-31-24)10-9-25(22,2)11-13-28(21,29)5/h7-8,15,22,34-35H,1,9-14,16H2,2-6H3,(H,30,31,32,33). The molecule has 6 rings (SSSR count). The molecule has 6 heteroatoms. The highest BCUT2D eigenvalue weighted by atomic mass is 16.3. The summed E-state index contributed by atoms with van der Waals surface area (Å²) in [5, 5.41) is 37.7. The van der Waals surface area contributed by atoms with Gasteiger partial charge in [-0.25, -0.2) is 0 Å². The average molecular weight is 475 g/mol. The van der Waals surface area contributed by atoms with Gasteiger partial charge in [0.15, 0.2) is 17.3 Å². The molecule has 2 aromatic rings. The van der Waals surface area contributed by atoms with Gasteiger partial charge >= 0.3 is 0 Å². The summed E-state index contributed by atoms with van der Waals surface area (Å²) in [4.78, 5) is 0. The number of fused-ring (bicyclic) bond motifs is 7. The molecule has 6 atom stereocenters. The molecule has 0 bridgehead atoms. The van der Waals surface area contributed by atoms with Crippen LogP contribution in [0, 0.1) is 22.2 Å². The third-order valence-corrected chi connectivity index (χ3v) is 11.6. The zero-order valence-corrected chi connectivity index (χ0v) is 21.7. The second-order valence-corrected chi connectivity index (χ2v) is 13.2. The molecule has 1 aromatic carbocycles. The number of aromatic nitrogens is 4. The van der Waals surface area contributed by atoms with Crippen LogP contribution in [-0.4, -0.2) is 30.8 Å². The van der Waals surface area contributed by atoms with E-state index in [-0.39, 0.29) is 33.2 Å². The quantitative estimate of drug-likeness (QED) is 0.534. The number of rotatable bonds is 1. The van der Waals surface area contributed by atoms with E-state index in [4.69, 9.17) is 0 Å². The lowest BCUT2D eigenvalue weighted by Gasteiger charge is -2.69. The fraction of sp³-hybridized carbons (Fsp3) is 0.621. The highest BCUT2D eigenvalue weighted by molar-refractivity contribution is 5.61. The number of nitrogens with zero attached hydrogens (tertiary/aromatic N) is 3. The second kappa shape index (κ2) is 6.77. The maximum atomic E-state index is 10.5. The average Bonchev–Trinajstić information content (AvgIpc) is 3.37. The zero-order valence-electron chi connectivity index (χ0n) is 21.7. The maximum Gasteiger partial charge on any atom is 0.180 e. The van der Waals surface area contributed by atoms with E-state index in [1.54, 1.807) is 6.07 Å². The second-order valence-electron chi connectivity index (χ2n) is 13.2. The van der Waals surface area contributed by atoms with Gasteiger partial charge in [0.05, 0.1) is 0 Å². The minimum Gasteiger partial charge on any atom is -0.504 e. The van der Waals surface area contributed by atoms with E-state index in [0.29, 0.717) is 16.6 Å². The van der Waals surface area contributed by atoms with E-state index < -0.39 is 0 Å². The van der Waals surface area contributed by atoms with Crippen LogP contribution in [-0.2, 0) is 10.8 Å². The first kappa shape index (κ1) is 22.8. The van der Waals surface area contributed by atoms with Gasteiger partial charge in [-0.15, -0.1) is 10.2 Å². The van der Waals surface area contributed by atoms with Gasteiger partial charge in [0.25, 0.3) is 0 Å². The van der Waals surface area contributed by atoms with Crippen LogP contribution in [0.4, 0.5) is 0 Å². The Morgan fingerprint density at radius 1 is 0.971 bits per heavy atom. The fourth-order valence-corrected chi connectivity index (χ4v) is 8.99. The van der Waals surface area contributed by atoms with Crippen molar-refractivity contribution < 1.29 is 10.2 Å². The summed E-state index contributed by atoms with van der Waals surface area (Å²) in [6, 6.07) is 1.79. The first-order valence-electron chi connectivity index (χ1n) is 13.1. The number of phenols is 2. The highest BCUT2D eigenvalue weighted by Gasteiger charge is 2.66. The van der Waals surface area contributed by atoms with Crippen LogP contribution in [0.3, 0.4) is 0 Å².